The SMILES string of the molecule is NC(=O)[C@@]1(Cc2cccc(-c3ccncc3)c2)CCN(Cc2cccc(F)c2)C1. The molecule has 0 unspecified atom stereocenters. The van der Waals surface area contributed by atoms with Crippen LogP contribution in [0.15, 0.2) is 73.1 Å². The van der Waals surface area contributed by atoms with Crippen molar-refractivity contribution in [3.63, 3.8) is 0 Å². The van der Waals surface area contributed by atoms with Gasteiger partial charge in [0.15, 0.2) is 0 Å². The summed E-state index contributed by atoms with van der Waals surface area (Å²) >= 11 is 0. The van der Waals surface area contributed by atoms with Gasteiger partial charge < -0.3 is 5.73 Å². The molecule has 1 aliphatic heterocycles. The maximum absolute atomic E-state index is 13.5. The van der Waals surface area contributed by atoms with Crippen LogP contribution >= 0.6 is 0 Å². The number of pyridine rings is 1. The first-order chi connectivity index (χ1) is 14.0. The number of hydrogen-bond acceptors (Lipinski definition) is 3. The molecule has 0 spiro atoms. The van der Waals surface area contributed by atoms with E-state index in [1.54, 1.807) is 24.5 Å². The van der Waals surface area contributed by atoms with E-state index >= 15 is 0 Å². The molecule has 1 atom stereocenters. The molecule has 0 radical (unpaired) electrons. The normalized spacial score (nSPS) is 19.3. The van der Waals surface area contributed by atoms with Crippen LogP contribution in [0.4, 0.5) is 4.39 Å². The number of nitrogens with zero attached hydrogens (tertiary/aromatic N) is 2. The first-order valence-electron chi connectivity index (χ1n) is 9.80. The average molecular weight is 389 g/mol. The van der Waals surface area contributed by atoms with Gasteiger partial charge in [0.2, 0.25) is 5.91 Å². The number of nitrogens with two attached hydrogens (primary N) is 1. The van der Waals surface area contributed by atoms with Crippen molar-refractivity contribution in [1.82, 2.24) is 9.88 Å². The molecule has 2 heterocycles. The van der Waals surface area contributed by atoms with Crippen LogP contribution in [0.25, 0.3) is 11.1 Å². The largest absolute Gasteiger partial charge is 0.369 e. The summed E-state index contributed by atoms with van der Waals surface area (Å²) in [6.07, 6.45) is 4.85. The van der Waals surface area contributed by atoms with Gasteiger partial charge in [0.05, 0.1) is 5.41 Å². The van der Waals surface area contributed by atoms with Gasteiger partial charge in [-0.3, -0.25) is 14.7 Å². The molecule has 0 bridgehead atoms. The van der Waals surface area contributed by atoms with Gasteiger partial charge in [-0.05, 0) is 65.9 Å². The van der Waals surface area contributed by atoms with Crippen molar-refractivity contribution < 1.29 is 9.18 Å². The Balaban J connectivity index is 1.52. The molecule has 0 aliphatic carbocycles. The number of rotatable bonds is 6. The highest BCUT2D eigenvalue weighted by atomic mass is 19.1. The number of carbonyl (C=O) groups excluding carboxylic acids is 1. The van der Waals surface area contributed by atoms with Gasteiger partial charge in [-0.25, -0.2) is 4.39 Å². The molecule has 0 saturated carbocycles. The summed E-state index contributed by atoms with van der Waals surface area (Å²) in [4.78, 5) is 18.7. The quantitative estimate of drug-likeness (QED) is 0.697. The maximum Gasteiger partial charge on any atom is 0.225 e. The van der Waals surface area contributed by atoms with E-state index < -0.39 is 5.41 Å². The summed E-state index contributed by atoms with van der Waals surface area (Å²) in [5, 5.41) is 0. The van der Waals surface area contributed by atoms with Gasteiger partial charge in [-0.15, -0.1) is 0 Å². The molecule has 3 aromatic rings. The lowest BCUT2D eigenvalue weighted by Gasteiger charge is -2.26. The third kappa shape index (κ3) is 4.35. The Morgan fingerprint density at radius 2 is 1.79 bits per heavy atom. The highest BCUT2D eigenvalue weighted by Gasteiger charge is 2.43. The summed E-state index contributed by atoms with van der Waals surface area (Å²) in [5.74, 6) is -0.510. The van der Waals surface area contributed by atoms with E-state index in [0.29, 0.717) is 25.9 Å². The number of carbonyl (C=O) groups is 1. The molecule has 1 aliphatic rings. The lowest BCUT2D eigenvalue weighted by Crippen LogP contribution is -2.41. The van der Waals surface area contributed by atoms with Gasteiger partial charge in [-0.1, -0.05) is 36.4 Å². The first-order valence-corrected chi connectivity index (χ1v) is 9.80. The highest BCUT2D eigenvalue weighted by Crippen LogP contribution is 2.35. The Kier molecular flexibility index (Phi) is 5.41. The van der Waals surface area contributed by atoms with Crippen molar-refractivity contribution in [1.29, 1.82) is 0 Å². The van der Waals surface area contributed by atoms with Crippen molar-refractivity contribution in [3.8, 4) is 11.1 Å². The van der Waals surface area contributed by atoms with Crippen molar-refractivity contribution in [2.75, 3.05) is 13.1 Å². The number of hydrogen-bond donors (Lipinski definition) is 1. The van der Waals surface area contributed by atoms with Gasteiger partial charge >= 0.3 is 0 Å². The van der Waals surface area contributed by atoms with Crippen molar-refractivity contribution in [2.45, 2.75) is 19.4 Å². The fraction of sp³-hybridized carbons (Fsp3) is 0.250. The Hall–Kier alpha value is -3.05. The number of aromatic nitrogens is 1. The molecule has 1 fully saturated rings. The Morgan fingerprint density at radius 1 is 1.03 bits per heavy atom. The Bertz CT molecular complexity index is 1010. The monoisotopic (exact) mass is 389 g/mol. The third-order valence-corrected chi connectivity index (χ3v) is 5.73. The fourth-order valence-electron chi connectivity index (χ4n) is 4.22. The lowest BCUT2D eigenvalue weighted by atomic mass is 9.79. The molecule has 1 aromatic heterocycles. The van der Waals surface area contributed by atoms with E-state index in [4.69, 9.17) is 5.73 Å². The molecule has 5 heteroatoms. The van der Waals surface area contributed by atoms with Crippen molar-refractivity contribution >= 4 is 5.91 Å². The zero-order valence-corrected chi connectivity index (χ0v) is 16.2. The molecule has 29 heavy (non-hydrogen) atoms. The second-order valence-corrected chi connectivity index (χ2v) is 7.85. The minimum Gasteiger partial charge on any atom is -0.369 e. The zero-order valence-electron chi connectivity index (χ0n) is 16.2. The van der Waals surface area contributed by atoms with Crippen LogP contribution < -0.4 is 5.73 Å². The van der Waals surface area contributed by atoms with E-state index in [0.717, 1.165) is 28.8 Å². The van der Waals surface area contributed by atoms with E-state index in [1.807, 2.05) is 30.3 Å². The van der Waals surface area contributed by atoms with Crippen LogP contribution in [0.1, 0.15) is 17.5 Å². The molecular formula is C24H24FN3O. The average Bonchev–Trinajstić information content (AvgIpc) is 3.13. The number of likely N-dealkylation sites (tertiary alicyclic amines) is 1. The number of amides is 1. The second kappa shape index (κ2) is 8.13. The van der Waals surface area contributed by atoms with Crippen LogP contribution in [0.5, 0.6) is 0 Å². The summed E-state index contributed by atoms with van der Waals surface area (Å²) in [6.45, 7) is 1.96. The molecule has 148 valence electrons. The Morgan fingerprint density at radius 3 is 2.55 bits per heavy atom. The van der Waals surface area contributed by atoms with Crippen LogP contribution in [0.3, 0.4) is 0 Å². The van der Waals surface area contributed by atoms with Crippen molar-refractivity contribution in [2.24, 2.45) is 11.1 Å². The van der Waals surface area contributed by atoms with Crippen LogP contribution in [-0.2, 0) is 17.8 Å². The predicted octanol–water partition coefficient (Wildman–Crippen LogP) is 3.81. The van der Waals surface area contributed by atoms with E-state index in [2.05, 4.69) is 22.0 Å². The minimum absolute atomic E-state index is 0.240. The number of primary amides is 1. The van der Waals surface area contributed by atoms with Crippen LogP contribution in [0.2, 0.25) is 0 Å². The van der Waals surface area contributed by atoms with E-state index in [-0.39, 0.29) is 11.7 Å². The molecule has 2 N–H and O–H groups in total. The maximum atomic E-state index is 13.5. The second-order valence-electron chi connectivity index (χ2n) is 7.85. The molecule has 4 nitrogen and oxygen atoms in total. The van der Waals surface area contributed by atoms with Gasteiger partial charge in [0, 0.05) is 25.5 Å². The fourth-order valence-corrected chi connectivity index (χ4v) is 4.22. The molecule has 2 aromatic carbocycles. The summed E-state index contributed by atoms with van der Waals surface area (Å²) < 4.78 is 13.5. The summed E-state index contributed by atoms with van der Waals surface area (Å²) in [6, 6.07) is 18.8. The smallest absolute Gasteiger partial charge is 0.225 e. The zero-order chi connectivity index (χ0) is 20.3. The van der Waals surface area contributed by atoms with Gasteiger partial charge in [-0.2, -0.15) is 0 Å². The molecule has 1 saturated heterocycles. The van der Waals surface area contributed by atoms with E-state index in [9.17, 15) is 9.18 Å². The molecular weight excluding hydrogens is 365 g/mol. The van der Waals surface area contributed by atoms with Crippen LogP contribution in [-0.4, -0.2) is 28.9 Å². The highest BCUT2D eigenvalue weighted by molar-refractivity contribution is 5.82. The topological polar surface area (TPSA) is 59.2 Å². The Labute approximate surface area is 170 Å². The predicted molar refractivity (Wildman–Crippen MR) is 111 cm³/mol. The van der Waals surface area contributed by atoms with Gasteiger partial charge in [0.1, 0.15) is 5.82 Å². The van der Waals surface area contributed by atoms with Crippen LogP contribution in [0, 0.1) is 11.2 Å². The number of halogens is 1. The lowest BCUT2D eigenvalue weighted by molar-refractivity contribution is -0.127. The van der Waals surface area contributed by atoms with Crippen molar-refractivity contribution in [3.05, 3.63) is 90.0 Å². The summed E-state index contributed by atoms with van der Waals surface area (Å²) in [7, 11) is 0. The standard InChI is InChI=1S/C24H24FN3O/c25-22-6-2-4-19(14-22)16-28-12-9-24(17-28,23(26)29)15-18-3-1-5-21(13-18)20-7-10-27-11-8-20/h1-8,10-11,13-14H,9,12,15-17H2,(H2,26,29)/t24-/m1/s1. The van der Waals surface area contributed by atoms with E-state index in [1.165, 1.54) is 6.07 Å². The molecule has 1 amide bonds. The third-order valence-electron chi connectivity index (χ3n) is 5.73. The molecule has 4 rings (SSSR count). The van der Waals surface area contributed by atoms with Gasteiger partial charge in [0.25, 0.3) is 0 Å². The minimum atomic E-state index is -0.607. The summed E-state index contributed by atoms with van der Waals surface area (Å²) in [5.41, 5.74) is 9.45. The first kappa shape index (κ1) is 19.3. The number of benzene rings is 2.